The molecule has 0 spiro atoms. The molecular formula is C20H16FN5O4. The van der Waals surface area contributed by atoms with Crippen molar-refractivity contribution in [2.75, 3.05) is 18.2 Å². The van der Waals surface area contributed by atoms with Gasteiger partial charge in [-0.25, -0.2) is 4.39 Å². The van der Waals surface area contributed by atoms with Crippen molar-refractivity contribution in [2.24, 2.45) is 0 Å². The summed E-state index contributed by atoms with van der Waals surface area (Å²) in [6, 6.07) is 11.2. The molecule has 2 aromatic carbocycles. The standard InChI is InChI=1S/C20H16FN5O4/c21-13-2-4-14(5-3-13)25-7-8-26-19(28)17(23-24-20(25)26)18(27)22-10-12-1-6-15-16(9-12)30-11-29-15/h1-6,9H,7-8,10-11H2,(H,22,27). The number of halogens is 1. The molecule has 3 aromatic rings. The van der Waals surface area contributed by atoms with E-state index in [-0.39, 0.29) is 24.8 Å². The summed E-state index contributed by atoms with van der Waals surface area (Å²) in [4.78, 5) is 27.0. The van der Waals surface area contributed by atoms with E-state index in [1.54, 1.807) is 35.2 Å². The van der Waals surface area contributed by atoms with Crippen molar-refractivity contribution in [3.63, 3.8) is 0 Å². The number of amides is 1. The number of benzene rings is 2. The van der Waals surface area contributed by atoms with Crippen LogP contribution in [0.5, 0.6) is 11.5 Å². The van der Waals surface area contributed by atoms with Gasteiger partial charge in [0.2, 0.25) is 18.4 Å². The summed E-state index contributed by atoms with van der Waals surface area (Å²) < 4.78 is 25.1. The van der Waals surface area contributed by atoms with E-state index in [4.69, 9.17) is 9.47 Å². The molecule has 9 nitrogen and oxygen atoms in total. The topological polar surface area (TPSA) is 98.6 Å². The molecule has 0 saturated carbocycles. The maximum absolute atomic E-state index is 13.2. The summed E-state index contributed by atoms with van der Waals surface area (Å²) >= 11 is 0. The third-order valence-corrected chi connectivity index (χ3v) is 4.96. The number of ether oxygens (including phenoxy) is 2. The fourth-order valence-electron chi connectivity index (χ4n) is 3.44. The number of hydrogen-bond acceptors (Lipinski definition) is 7. The minimum Gasteiger partial charge on any atom is -0.454 e. The molecule has 2 aliphatic heterocycles. The van der Waals surface area contributed by atoms with Gasteiger partial charge in [0.25, 0.3) is 11.5 Å². The van der Waals surface area contributed by atoms with E-state index >= 15 is 0 Å². The van der Waals surface area contributed by atoms with Gasteiger partial charge in [-0.05, 0) is 42.0 Å². The molecule has 3 heterocycles. The van der Waals surface area contributed by atoms with Crippen LogP contribution in [-0.4, -0.2) is 34.0 Å². The highest BCUT2D eigenvalue weighted by atomic mass is 19.1. The Morgan fingerprint density at radius 2 is 1.87 bits per heavy atom. The minimum atomic E-state index is -0.610. The number of fused-ring (bicyclic) bond motifs is 2. The van der Waals surface area contributed by atoms with E-state index in [0.29, 0.717) is 36.2 Å². The van der Waals surface area contributed by atoms with Crippen LogP contribution in [0.25, 0.3) is 0 Å². The maximum Gasteiger partial charge on any atom is 0.286 e. The first-order chi connectivity index (χ1) is 14.6. The van der Waals surface area contributed by atoms with E-state index < -0.39 is 11.5 Å². The average molecular weight is 409 g/mol. The molecule has 0 radical (unpaired) electrons. The summed E-state index contributed by atoms with van der Waals surface area (Å²) in [5.74, 6) is 0.620. The number of carbonyl (C=O) groups excluding carboxylic acids is 1. The maximum atomic E-state index is 13.2. The number of anilines is 2. The summed E-state index contributed by atoms with van der Waals surface area (Å²) in [5.41, 5.74) is 0.689. The van der Waals surface area contributed by atoms with E-state index in [2.05, 4.69) is 15.5 Å². The van der Waals surface area contributed by atoms with Gasteiger partial charge < -0.3 is 19.7 Å². The lowest BCUT2D eigenvalue weighted by Crippen LogP contribution is -2.34. The van der Waals surface area contributed by atoms with Crippen molar-refractivity contribution in [1.82, 2.24) is 20.1 Å². The molecule has 0 bridgehead atoms. The van der Waals surface area contributed by atoms with Gasteiger partial charge in [-0.2, -0.15) is 0 Å². The van der Waals surface area contributed by atoms with Gasteiger partial charge in [-0.1, -0.05) is 6.07 Å². The van der Waals surface area contributed by atoms with Crippen molar-refractivity contribution in [3.8, 4) is 11.5 Å². The molecule has 0 unspecified atom stereocenters. The molecule has 0 atom stereocenters. The Kier molecular flexibility index (Phi) is 4.31. The first-order valence-electron chi connectivity index (χ1n) is 9.27. The van der Waals surface area contributed by atoms with Crippen LogP contribution in [0.2, 0.25) is 0 Å². The summed E-state index contributed by atoms with van der Waals surface area (Å²) in [7, 11) is 0. The summed E-state index contributed by atoms with van der Waals surface area (Å²) in [6.07, 6.45) is 0. The molecule has 30 heavy (non-hydrogen) atoms. The quantitative estimate of drug-likeness (QED) is 0.699. The lowest BCUT2D eigenvalue weighted by molar-refractivity contribution is 0.0942. The second-order valence-corrected chi connectivity index (χ2v) is 6.80. The molecule has 1 aromatic heterocycles. The zero-order valence-corrected chi connectivity index (χ0v) is 15.7. The third-order valence-electron chi connectivity index (χ3n) is 4.96. The Morgan fingerprint density at radius 1 is 1.07 bits per heavy atom. The fourth-order valence-corrected chi connectivity index (χ4v) is 3.44. The Bertz CT molecular complexity index is 1190. The molecule has 0 fully saturated rings. The molecule has 0 saturated heterocycles. The largest absolute Gasteiger partial charge is 0.454 e. The highest BCUT2D eigenvalue weighted by Crippen LogP contribution is 2.32. The summed E-state index contributed by atoms with van der Waals surface area (Å²) in [6.45, 7) is 1.18. The van der Waals surface area contributed by atoms with Crippen molar-refractivity contribution >= 4 is 17.5 Å². The highest BCUT2D eigenvalue weighted by molar-refractivity contribution is 5.91. The molecule has 5 rings (SSSR count). The lowest BCUT2D eigenvalue weighted by Gasteiger charge is -2.16. The fraction of sp³-hybridized carbons (Fsp3) is 0.200. The van der Waals surface area contributed by atoms with Gasteiger partial charge in [-0.3, -0.25) is 14.2 Å². The zero-order valence-electron chi connectivity index (χ0n) is 15.7. The second-order valence-electron chi connectivity index (χ2n) is 6.80. The molecule has 1 amide bonds. The van der Waals surface area contributed by atoms with Crippen LogP contribution in [0, 0.1) is 5.82 Å². The predicted octanol–water partition coefficient (Wildman–Crippen LogP) is 1.59. The predicted molar refractivity (Wildman–Crippen MR) is 103 cm³/mol. The number of hydrogen-bond donors (Lipinski definition) is 1. The van der Waals surface area contributed by atoms with Crippen LogP contribution in [0.1, 0.15) is 16.1 Å². The first-order valence-corrected chi connectivity index (χ1v) is 9.27. The van der Waals surface area contributed by atoms with Gasteiger partial charge in [0.1, 0.15) is 5.82 Å². The SMILES string of the molecule is O=C(NCc1ccc2c(c1)OCO2)c1nnc2n(c1=O)CCN2c1ccc(F)cc1. The number of rotatable bonds is 4. The molecule has 2 aliphatic rings. The van der Waals surface area contributed by atoms with Crippen molar-refractivity contribution in [1.29, 1.82) is 0 Å². The molecule has 1 N–H and O–H groups in total. The average Bonchev–Trinajstić information content (AvgIpc) is 3.40. The Morgan fingerprint density at radius 3 is 2.70 bits per heavy atom. The number of nitrogens with zero attached hydrogens (tertiary/aromatic N) is 4. The van der Waals surface area contributed by atoms with Crippen LogP contribution in [0.15, 0.2) is 47.3 Å². The van der Waals surface area contributed by atoms with Gasteiger partial charge >= 0.3 is 0 Å². The molecule has 152 valence electrons. The van der Waals surface area contributed by atoms with E-state index in [0.717, 1.165) is 5.56 Å². The number of carbonyl (C=O) groups is 1. The monoisotopic (exact) mass is 409 g/mol. The molecule has 0 aliphatic carbocycles. The Balaban J connectivity index is 1.34. The van der Waals surface area contributed by atoms with E-state index in [1.165, 1.54) is 16.7 Å². The number of nitrogens with one attached hydrogen (secondary N) is 1. The Hall–Kier alpha value is -3.95. The number of aromatic nitrogens is 3. The summed E-state index contributed by atoms with van der Waals surface area (Å²) in [5, 5.41) is 10.6. The van der Waals surface area contributed by atoms with E-state index in [9.17, 15) is 14.0 Å². The van der Waals surface area contributed by atoms with Crippen LogP contribution in [0.4, 0.5) is 16.0 Å². The van der Waals surface area contributed by atoms with Gasteiger partial charge in [-0.15, -0.1) is 10.2 Å². The van der Waals surface area contributed by atoms with Crippen LogP contribution < -0.4 is 25.2 Å². The minimum absolute atomic E-state index is 0.168. The van der Waals surface area contributed by atoms with Crippen molar-refractivity contribution in [3.05, 3.63) is 69.9 Å². The normalized spacial score (nSPS) is 14.0. The second kappa shape index (κ2) is 7.14. The van der Waals surface area contributed by atoms with Crippen LogP contribution in [-0.2, 0) is 13.1 Å². The van der Waals surface area contributed by atoms with Crippen LogP contribution >= 0.6 is 0 Å². The highest BCUT2D eigenvalue weighted by Gasteiger charge is 2.27. The third kappa shape index (κ3) is 3.11. The Labute approximate surface area is 169 Å². The van der Waals surface area contributed by atoms with Gasteiger partial charge in [0.05, 0.1) is 0 Å². The van der Waals surface area contributed by atoms with Gasteiger partial charge in [0.15, 0.2) is 11.5 Å². The van der Waals surface area contributed by atoms with E-state index in [1.807, 2.05) is 0 Å². The van der Waals surface area contributed by atoms with Gasteiger partial charge in [0, 0.05) is 25.3 Å². The smallest absolute Gasteiger partial charge is 0.286 e. The lowest BCUT2D eigenvalue weighted by atomic mass is 10.2. The van der Waals surface area contributed by atoms with Crippen LogP contribution in [0.3, 0.4) is 0 Å². The molecule has 10 heteroatoms. The molecular weight excluding hydrogens is 393 g/mol. The van der Waals surface area contributed by atoms with Crippen molar-refractivity contribution < 1.29 is 18.7 Å². The first kappa shape index (κ1) is 18.1. The zero-order chi connectivity index (χ0) is 20.7. The van der Waals surface area contributed by atoms with Crippen molar-refractivity contribution in [2.45, 2.75) is 13.1 Å².